The minimum atomic E-state index is -0.250. The zero-order chi connectivity index (χ0) is 22.2. The minimum Gasteiger partial charge on any atom is -0.324 e. The van der Waals surface area contributed by atoms with Crippen molar-refractivity contribution in [3.8, 4) is 6.07 Å². The van der Waals surface area contributed by atoms with Crippen molar-refractivity contribution in [3.05, 3.63) is 57.5 Å². The molecule has 2 heterocycles. The number of nitriles is 1. The highest BCUT2D eigenvalue weighted by Crippen LogP contribution is 2.31. The van der Waals surface area contributed by atoms with Crippen LogP contribution >= 0.6 is 0 Å². The van der Waals surface area contributed by atoms with Crippen LogP contribution in [0.15, 0.2) is 35.3 Å². The number of benzene rings is 1. The third-order valence-corrected chi connectivity index (χ3v) is 6.98. The molecular weight excluding hydrogens is 400 g/mol. The molecule has 1 N–H and O–H groups in total. The van der Waals surface area contributed by atoms with Gasteiger partial charge in [0, 0.05) is 29.4 Å². The lowest BCUT2D eigenvalue weighted by molar-refractivity contribution is 0.268. The first kappa shape index (κ1) is 20.7. The van der Waals surface area contributed by atoms with Crippen LogP contribution in [0, 0.1) is 11.3 Å². The van der Waals surface area contributed by atoms with Crippen molar-refractivity contribution in [2.75, 3.05) is 19.4 Å². The number of fused-ring (bicyclic) bond motifs is 2. The molecule has 7 nitrogen and oxygen atoms in total. The second-order valence-electron chi connectivity index (χ2n) is 9.22. The van der Waals surface area contributed by atoms with Crippen molar-refractivity contribution in [2.45, 2.75) is 57.0 Å². The van der Waals surface area contributed by atoms with Crippen LogP contribution in [0.2, 0.25) is 0 Å². The van der Waals surface area contributed by atoms with Gasteiger partial charge in [-0.15, -0.1) is 0 Å². The number of hydrogen-bond donors (Lipinski definition) is 1. The summed E-state index contributed by atoms with van der Waals surface area (Å²) in [6, 6.07) is 10.8. The molecule has 1 saturated carbocycles. The van der Waals surface area contributed by atoms with Crippen molar-refractivity contribution < 1.29 is 0 Å². The molecule has 5 rings (SSSR count). The lowest BCUT2D eigenvalue weighted by Gasteiger charge is -2.30. The standard InChI is InChI=1S/C25H28N6O/c1-30(2)22-10-8-16-7-9-20(12-17(16)13-22)28-25-27-15-19-11-18(14-26)24(32)31(23(19)29-25)21-5-3-4-6-21/h7,9,11-12,15,21-22H,3-6,8,10,13H2,1-2H3,(H,27,28,29). The summed E-state index contributed by atoms with van der Waals surface area (Å²) in [5.41, 5.74) is 4.23. The Kier molecular flexibility index (Phi) is 5.40. The summed E-state index contributed by atoms with van der Waals surface area (Å²) in [4.78, 5) is 24.5. The average Bonchev–Trinajstić information content (AvgIpc) is 3.32. The minimum absolute atomic E-state index is 0.0905. The molecule has 7 heteroatoms. The molecule has 1 fully saturated rings. The number of pyridine rings is 1. The molecule has 1 unspecified atom stereocenters. The first-order valence-corrected chi connectivity index (χ1v) is 11.4. The zero-order valence-electron chi connectivity index (χ0n) is 18.6. The summed E-state index contributed by atoms with van der Waals surface area (Å²) in [5.74, 6) is 0.466. The molecule has 2 aromatic heterocycles. The average molecular weight is 429 g/mol. The van der Waals surface area contributed by atoms with Gasteiger partial charge in [0.05, 0.1) is 0 Å². The summed E-state index contributed by atoms with van der Waals surface area (Å²) < 4.78 is 1.72. The number of nitrogens with one attached hydrogen (secondary N) is 1. The number of rotatable bonds is 4. The Labute approximate surface area is 187 Å². The van der Waals surface area contributed by atoms with E-state index in [-0.39, 0.29) is 17.2 Å². The monoisotopic (exact) mass is 428 g/mol. The largest absolute Gasteiger partial charge is 0.324 e. The highest BCUT2D eigenvalue weighted by molar-refractivity contribution is 5.77. The molecule has 2 aliphatic carbocycles. The number of anilines is 2. The van der Waals surface area contributed by atoms with Crippen molar-refractivity contribution in [3.63, 3.8) is 0 Å². The van der Waals surface area contributed by atoms with E-state index in [9.17, 15) is 10.1 Å². The number of aryl methyl sites for hydroxylation is 1. The van der Waals surface area contributed by atoms with E-state index in [0.717, 1.165) is 49.6 Å². The topological polar surface area (TPSA) is 86.8 Å². The highest BCUT2D eigenvalue weighted by atomic mass is 16.1. The van der Waals surface area contributed by atoms with Crippen molar-refractivity contribution in [1.29, 1.82) is 5.26 Å². The maximum atomic E-state index is 13.0. The number of aromatic nitrogens is 3. The van der Waals surface area contributed by atoms with Gasteiger partial charge >= 0.3 is 0 Å². The van der Waals surface area contributed by atoms with Crippen molar-refractivity contribution >= 4 is 22.7 Å². The van der Waals surface area contributed by atoms with E-state index in [0.29, 0.717) is 17.6 Å². The van der Waals surface area contributed by atoms with E-state index in [1.54, 1.807) is 16.8 Å². The van der Waals surface area contributed by atoms with E-state index in [1.165, 1.54) is 17.5 Å². The first-order valence-electron chi connectivity index (χ1n) is 11.4. The second kappa shape index (κ2) is 8.36. The maximum Gasteiger partial charge on any atom is 0.270 e. The molecule has 164 valence electrons. The van der Waals surface area contributed by atoms with E-state index >= 15 is 0 Å². The molecule has 1 atom stereocenters. The van der Waals surface area contributed by atoms with Gasteiger partial charge in [0.1, 0.15) is 17.3 Å². The molecule has 0 saturated heterocycles. The second-order valence-corrected chi connectivity index (χ2v) is 9.22. The SMILES string of the molecule is CN(C)C1CCc2ccc(Nc3ncc4cc(C#N)c(=O)n(C5CCCC5)c4n3)cc2C1. The van der Waals surface area contributed by atoms with Crippen LogP contribution in [0.25, 0.3) is 11.0 Å². The van der Waals surface area contributed by atoms with Crippen LogP contribution in [0.4, 0.5) is 11.6 Å². The van der Waals surface area contributed by atoms with Gasteiger partial charge in [0.2, 0.25) is 5.95 Å². The molecule has 1 aromatic carbocycles. The number of nitrogens with zero attached hydrogens (tertiary/aromatic N) is 5. The van der Waals surface area contributed by atoms with Gasteiger partial charge in [-0.3, -0.25) is 9.36 Å². The Morgan fingerprint density at radius 1 is 1.16 bits per heavy atom. The van der Waals surface area contributed by atoms with E-state index in [1.807, 2.05) is 6.07 Å². The quantitative estimate of drug-likeness (QED) is 0.677. The van der Waals surface area contributed by atoms with Crippen molar-refractivity contribution in [1.82, 2.24) is 19.4 Å². The fourth-order valence-corrected chi connectivity index (χ4v) is 5.15. The number of hydrogen-bond acceptors (Lipinski definition) is 6. The Balaban J connectivity index is 1.51. The smallest absolute Gasteiger partial charge is 0.270 e. The fourth-order valence-electron chi connectivity index (χ4n) is 5.15. The molecule has 0 aliphatic heterocycles. The van der Waals surface area contributed by atoms with Crippen LogP contribution in [-0.2, 0) is 12.8 Å². The summed E-state index contributed by atoms with van der Waals surface area (Å²) in [6.07, 6.45) is 9.08. The highest BCUT2D eigenvalue weighted by Gasteiger charge is 2.23. The summed E-state index contributed by atoms with van der Waals surface area (Å²) >= 11 is 0. The normalized spacial score (nSPS) is 18.6. The van der Waals surface area contributed by atoms with Gasteiger partial charge in [-0.2, -0.15) is 10.2 Å². The van der Waals surface area contributed by atoms with Gasteiger partial charge in [0.25, 0.3) is 5.56 Å². The fraction of sp³-hybridized carbons (Fsp3) is 0.440. The van der Waals surface area contributed by atoms with Gasteiger partial charge in [-0.25, -0.2) is 4.98 Å². The van der Waals surface area contributed by atoms with Gasteiger partial charge in [-0.1, -0.05) is 18.9 Å². The third kappa shape index (κ3) is 3.76. The molecule has 0 bridgehead atoms. The van der Waals surface area contributed by atoms with Crippen LogP contribution in [0.1, 0.15) is 54.8 Å². The van der Waals surface area contributed by atoms with Crippen LogP contribution in [0.5, 0.6) is 0 Å². The van der Waals surface area contributed by atoms with Gasteiger partial charge < -0.3 is 10.2 Å². The van der Waals surface area contributed by atoms with Crippen LogP contribution in [-0.4, -0.2) is 39.6 Å². The first-order chi connectivity index (χ1) is 15.5. The molecule has 32 heavy (non-hydrogen) atoms. The predicted molar refractivity (Wildman–Crippen MR) is 125 cm³/mol. The van der Waals surface area contributed by atoms with E-state index in [4.69, 9.17) is 4.98 Å². The Bertz CT molecular complexity index is 1270. The summed E-state index contributed by atoms with van der Waals surface area (Å²) in [5, 5.41) is 13.5. The predicted octanol–water partition coefficient (Wildman–Crippen LogP) is 3.94. The Morgan fingerprint density at radius 3 is 2.72 bits per heavy atom. The number of likely N-dealkylation sites (N-methyl/N-ethyl adjacent to an activating group) is 1. The van der Waals surface area contributed by atoms with Gasteiger partial charge in [0.15, 0.2) is 0 Å². The summed E-state index contributed by atoms with van der Waals surface area (Å²) in [7, 11) is 4.28. The van der Waals surface area contributed by atoms with E-state index in [2.05, 4.69) is 47.5 Å². The molecule has 0 radical (unpaired) electrons. The molecule has 0 spiro atoms. The molecule has 3 aromatic rings. The molecule has 0 amide bonds. The van der Waals surface area contributed by atoms with Crippen LogP contribution in [0.3, 0.4) is 0 Å². The Morgan fingerprint density at radius 2 is 1.97 bits per heavy atom. The Hall–Kier alpha value is -3.24. The summed E-state index contributed by atoms with van der Waals surface area (Å²) in [6.45, 7) is 0. The van der Waals surface area contributed by atoms with Crippen molar-refractivity contribution in [2.24, 2.45) is 0 Å². The zero-order valence-corrected chi connectivity index (χ0v) is 18.6. The van der Waals surface area contributed by atoms with Crippen LogP contribution < -0.4 is 10.9 Å². The lowest BCUT2D eigenvalue weighted by atomic mass is 9.87. The maximum absolute atomic E-state index is 13.0. The third-order valence-electron chi connectivity index (χ3n) is 6.98. The lowest BCUT2D eigenvalue weighted by Crippen LogP contribution is -2.33. The van der Waals surface area contributed by atoms with E-state index < -0.39 is 0 Å². The molecular formula is C25H28N6O. The van der Waals surface area contributed by atoms with Gasteiger partial charge in [-0.05, 0) is 75.5 Å². The molecule has 2 aliphatic rings.